The fraction of sp³-hybridized carbons (Fsp3) is 0.583. The molecule has 0 spiro atoms. The van der Waals surface area contributed by atoms with Gasteiger partial charge in [-0.1, -0.05) is 6.07 Å². The van der Waals surface area contributed by atoms with Crippen molar-refractivity contribution in [3.63, 3.8) is 0 Å². The maximum absolute atomic E-state index is 14.7. The summed E-state index contributed by atoms with van der Waals surface area (Å²) < 4.78 is 82.7. The Hall–Kier alpha value is -3.18. The minimum absolute atomic E-state index is 0.0566. The number of benzene rings is 1. The third-order valence-corrected chi connectivity index (χ3v) is 5.98. The molecule has 1 aliphatic heterocycles. The highest BCUT2D eigenvalue weighted by molar-refractivity contribution is 5.59. The molecule has 4 N–H and O–H groups in total. The zero-order valence-electron chi connectivity index (χ0n) is 21.9. The molecule has 0 amide bonds. The van der Waals surface area contributed by atoms with Gasteiger partial charge in [0.15, 0.2) is 6.10 Å². The Kier molecular flexibility index (Phi) is 9.51. The molecule has 1 fully saturated rings. The second-order valence-electron chi connectivity index (χ2n) is 9.11. The van der Waals surface area contributed by atoms with Crippen LogP contribution in [-0.4, -0.2) is 87.1 Å². The molecule has 1 aromatic carbocycles. The van der Waals surface area contributed by atoms with E-state index in [1.54, 1.807) is 0 Å². The van der Waals surface area contributed by atoms with Gasteiger partial charge in [0.1, 0.15) is 42.2 Å². The van der Waals surface area contributed by atoms with Crippen molar-refractivity contribution in [3.05, 3.63) is 40.8 Å². The van der Waals surface area contributed by atoms with Crippen molar-refractivity contribution in [2.24, 2.45) is 0 Å². The number of hydrogen-bond donors (Lipinski definition) is 4. The minimum Gasteiger partial charge on any atom is -0.497 e. The normalized spacial score (nSPS) is 25.1. The summed E-state index contributed by atoms with van der Waals surface area (Å²) in [5, 5.41) is 45.8. The van der Waals surface area contributed by atoms with Crippen LogP contribution in [0.3, 0.4) is 0 Å². The van der Waals surface area contributed by atoms with Crippen LogP contribution in [0.4, 0.5) is 22.4 Å². The molecule has 0 unspecified atom stereocenters. The summed E-state index contributed by atoms with van der Waals surface area (Å²) in [5.41, 5.74) is -2.27. The first kappa shape index (κ1) is 31.3. The topological polar surface area (TPSA) is 162 Å². The first-order valence-corrected chi connectivity index (χ1v) is 12.1. The number of methoxy groups -OCH3 is 1. The number of aliphatic hydroxyl groups is 4. The summed E-state index contributed by atoms with van der Waals surface area (Å²) in [5.74, 6) is -5.00. The molecule has 3 rings (SSSR count). The molecular formula is C24H30F4N2O10. The molecule has 0 saturated carbocycles. The van der Waals surface area contributed by atoms with E-state index in [2.05, 4.69) is 9.84 Å². The van der Waals surface area contributed by atoms with E-state index in [-0.39, 0.29) is 17.9 Å². The van der Waals surface area contributed by atoms with Crippen LogP contribution in [0.1, 0.15) is 43.6 Å². The third-order valence-electron chi connectivity index (χ3n) is 5.98. The Morgan fingerprint density at radius 3 is 2.42 bits per heavy atom. The van der Waals surface area contributed by atoms with E-state index in [0.29, 0.717) is 4.68 Å². The summed E-state index contributed by atoms with van der Waals surface area (Å²) in [7, 11) is 1.28. The zero-order valence-corrected chi connectivity index (χ0v) is 21.9. The van der Waals surface area contributed by atoms with Gasteiger partial charge in [0, 0.05) is 18.5 Å². The number of halogens is 4. The molecular weight excluding hydrogens is 552 g/mol. The van der Waals surface area contributed by atoms with E-state index >= 15 is 0 Å². The highest BCUT2D eigenvalue weighted by Crippen LogP contribution is 2.41. The summed E-state index contributed by atoms with van der Waals surface area (Å²) in [6.07, 6.45) is -15.2. The molecule has 40 heavy (non-hydrogen) atoms. The predicted octanol–water partition coefficient (Wildman–Crippen LogP) is 1.90. The van der Waals surface area contributed by atoms with Gasteiger partial charge in [-0.15, -0.1) is 5.10 Å². The number of alkyl halides is 3. The first-order chi connectivity index (χ1) is 18.6. The summed E-state index contributed by atoms with van der Waals surface area (Å²) >= 11 is 0. The minimum atomic E-state index is -5.03. The van der Waals surface area contributed by atoms with Crippen molar-refractivity contribution in [2.45, 2.75) is 69.8 Å². The van der Waals surface area contributed by atoms with Crippen molar-refractivity contribution < 1.29 is 66.5 Å². The molecule has 2 aromatic rings. The van der Waals surface area contributed by atoms with Gasteiger partial charge in [0.05, 0.1) is 19.3 Å². The maximum atomic E-state index is 14.7. The average Bonchev–Trinajstić information content (AvgIpc) is 3.24. The lowest BCUT2D eigenvalue weighted by molar-refractivity contribution is -0.423. The zero-order chi connectivity index (χ0) is 30.0. The Bertz CT molecular complexity index is 1190. The van der Waals surface area contributed by atoms with E-state index in [0.717, 1.165) is 6.07 Å². The molecule has 12 nitrogen and oxygen atoms in total. The maximum Gasteiger partial charge on any atom is 0.508 e. The van der Waals surface area contributed by atoms with Crippen LogP contribution in [0.2, 0.25) is 0 Å². The number of nitrogens with zero attached hydrogens (tertiary/aromatic N) is 2. The van der Waals surface area contributed by atoms with Crippen LogP contribution < -0.4 is 9.47 Å². The van der Waals surface area contributed by atoms with E-state index < -0.39 is 84.7 Å². The highest BCUT2D eigenvalue weighted by Gasteiger charge is 2.56. The second-order valence-corrected chi connectivity index (χ2v) is 9.11. The second kappa shape index (κ2) is 12.1. The Balaban J connectivity index is 2.05. The van der Waals surface area contributed by atoms with Gasteiger partial charge in [-0.25, -0.2) is 9.18 Å². The van der Waals surface area contributed by atoms with Crippen molar-refractivity contribution >= 4 is 6.16 Å². The molecule has 1 saturated heterocycles. The van der Waals surface area contributed by atoms with Gasteiger partial charge in [-0.3, -0.25) is 4.68 Å². The first-order valence-electron chi connectivity index (χ1n) is 12.1. The predicted molar refractivity (Wildman–Crippen MR) is 125 cm³/mol. The van der Waals surface area contributed by atoms with Crippen LogP contribution in [0.5, 0.6) is 11.6 Å². The van der Waals surface area contributed by atoms with Gasteiger partial charge in [0.2, 0.25) is 5.88 Å². The van der Waals surface area contributed by atoms with Crippen LogP contribution in [0.25, 0.3) is 0 Å². The molecule has 1 aromatic heterocycles. The molecule has 0 aliphatic carbocycles. The number of aliphatic hydroxyl groups excluding tert-OH is 3. The number of hydrogen-bond acceptors (Lipinski definition) is 11. The lowest BCUT2D eigenvalue weighted by atomic mass is 9.97. The van der Waals surface area contributed by atoms with Gasteiger partial charge >= 0.3 is 18.3 Å². The lowest BCUT2D eigenvalue weighted by Gasteiger charge is -2.44. The number of carbonyl (C=O) groups is 1. The van der Waals surface area contributed by atoms with Crippen molar-refractivity contribution in [1.29, 1.82) is 0 Å². The van der Waals surface area contributed by atoms with Crippen molar-refractivity contribution in [1.82, 2.24) is 9.78 Å². The number of aromatic nitrogens is 2. The van der Waals surface area contributed by atoms with E-state index in [9.17, 15) is 42.8 Å². The molecule has 5 atom stereocenters. The number of rotatable bonds is 9. The quantitative estimate of drug-likeness (QED) is 0.194. The van der Waals surface area contributed by atoms with Crippen molar-refractivity contribution in [3.8, 4) is 11.6 Å². The lowest BCUT2D eigenvalue weighted by Crippen LogP contribution is -2.67. The van der Waals surface area contributed by atoms with Gasteiger partial charge in [-0.2, -0.15) is 13.2 Å². The third kappa shape index (κ3) is 6.58. The fourth-order valence-electron chi connectivity index (χ4n) is 4.00. The van der Waals surface area contributed by atoms with Crippen LogP contribution in [-0.2, 0) is 26.8 Å². The smallest absolute Gasteiger partial charge is 0.497 e. The summed E-state index contributed by atoms with van der Waals surface area (Å²) in [4.78, 5) is 11.5. The summed E-state index contributed by atoms with van der Waals surface area (Å²) in [6, 6.07) is 2.57. The van der Waals surface area contributed by atoms with Crippen molar-refractivity contribution in [2.75, 3.05) is 20.3 Å². The monoisotopic (exact) mass is 582 g/mol. The van der Waals surface area contributed by atoms with Crippen LogP contribution >= 0.6 is 0 Å². The van der Waals surface area contributed by atoms with E-state index in [1.165, 1.54) is 40.0 Å². The molecule has 16 heteroatoms. The number of carbonyl (C=O) groups excluding carboxylic acids is 1. The fourth-order valence-corrected chi connectivity index (χ4v) is 4.00. The standard InChI is InChI=1S/C24H30F4N2O10/c1-5-37-22(34)38-10-16-17(31)18(32)20(33)24(35,39-16)40-21-14(8-12-6-7-13(36-4)9-15(12)25)19(23(26,27)28)30(29-21)11(2)3/h6-7,9,11,16-18,20,31-33,35H,5,8,10H2,1-4H3/t16-,17-,18+,20-,24-/m1/s1. The van der Waals surface area contributed by atoms with Gasteiger partial charge in [-0.05, 0) is 32.4 Å². The van der Waals surface area contributed by atoms with Crippen LogP contribution in [0, 0.1) is 5.82 Å². The van der Waals surface area contributed by atoms with Gasteiger partial charge in [0.25, 0.3) is 0 Å². The SMILES string of the molecule is CCOC(=O)OC[C@H]1O[C@@](O)(Oc2nn(C(C)C)c(C(F)(F)F)c2Cc2ccc(OC)cc2F)[C@H](O)[C@@H](O)[C@@H]1O. The highest BCUT2D eigenvalue weighted by atomic mass is 19.4. The van der Waals surface area contributed by atoms with Crippen LogP contribution in [0.15, 0.2) is 18.2 Å². The average molecular weight is 583 g/mol. The Morgan fingerprint density at radius 2 is 1.88 bits per heavy atom. The van der Waals surface area contributed by atoms with E-state index in [1.807, 2.05) is 0 Å². The Labute approximate surface area is 225 Å². The molecule has 1 aliphatic rings. The van der Waals surface area contributed by atoms with Gasteiger partial charge < -0.3 is 44.1 Å². The Morgan fingerprint density at radius 1 is 1.20 bits per heavy atom. The summed E-state index contributed by atoms with van der Waals surface area (Å²) in [6.45, 7) is 3.38. The largest absolute Gasteiger partial charge is 0.508 e. The molecule has 224 valence electrons. The molecule has 0 bridgehead atoms. The molecule has 2 heterocycles. The number of ether oxygens (including phenoxy) is 5. The van der Waals surface area contributed by atoms with E-state index in [4.69, 9.17) is 18.9 Å². The molecule has 0 radical (unpaired) electrons.